The molecule has 3 aromatic rings. The highest BCUT2D eigenvalue weighted by Crippen LogP contribution is 2.24. The van der Waals surface area contributed by atoms with Gasteiger partial charge in [-0.2, -0.15) is 0 Å². The molecular formula is C11H9N5. The first kappa shape index (κ1) is 8.84. The van der Waals surface area contributed by atoms with Crippen molar-refractivity contribution in [3.63, 3.8) is 0 Å². The number of imidazole rings is 1. The summed E-state index contributed by atoms with van der Waals surface area (Å²) in [5, 5.41) is 0. The number of nitrogen functional groups attached to an aromatic ring is 1. The summed E-state index contributed by atoms with van der Waals surface area (Å²) in [4.78, 5) is 12.3. The standard InChI is InChI=1S/C11H9N5/c12-9-1-2-13-5-8(9)10-6-15-11-7-14-3-4-16(10)11/h1-7H,(H2,12,13). The summed E-state index contributed by atoms with van der Waals surface area (Å²) < 4.78 is 1.93. The van der Waals surface area contributed by atoms with Crippen LogP contribution in [0.25, 0.3) is 16.9 Å². The van der Waals surface area contributed by atoms with E-state index < -0.39 is 0 Å². The van der Waals surface area contributed by atoms with Crippen LogP contribution in [0.5, 0.6) is 0 Å². The van der Waals surface area contributed by atoms with E-state index in [-0.39, 0.29) is 0 Å². The average molecular weight is 211 g/mol. The van der Waals surface area contributed by atoms with Crippen molar-refractivity contribution >= 4 is 11.3 Å². The second-order valence-corrected chi connectivity index (χ2v) is 3.41. The Morgan fingerprint density at radius 3 is 2.81 bits per heavy atom. The Balaban J connectivity index is 2.31. The quantitative estimate of drug-likeness (QED) is 0.660. The highest BCUT2D eigenvalue weighted by atomic mass is 15.0. The molecule has 3 heterocycles. The third-order valence-corrected chi connectivity index (χ3v) is 2.45. The third-order valence-electron chi connectivity index (χ3n) is 2.45. The third kappa shape index (κ3) is 1.22. The van der Waals surface area contributed by atoms with Crippen LogP contribution in [0.1, 0.15) is 0 Å². The Kier molecular flexibility index (Phi) is 1.83. The number of anilines is 1. The van der Waals surface area contributed by atoms with Gasteiger partial charge in [0.1, 0.15) is 0 Å². The van der Waals surface area contributed by atoms with Crippen LogP contribution in [-0.4, -0.2) is 19.4 Å². The molecule has 0 saturated heterocycles. The van der Waals surface area contributed by atoms with Crippen LogP contribution < -0.4 is 5.73 Å². The number of nitrogens with zero attached hydrogens (tertiary/aromatic N) is 4. The van der Waals surface area contributed by atoms with Crippen LogP contribution in [0, 0.1) is 0 Å². The number of pyridine rings is 1. The van der Waals surface area contributed by atoms with Gasteiger partial charge >= 0.3 is 0 Å². The summed E-state index contributed by atoms with van der Waals surface area (Å²) >= 11 is 0. The molecule has 5 heteroatoms. The minimum absolute atomic E-state index is 0.689. The molecule has 0 aliphatic rings. The Hall–Kier alpha value is -2.43. The summed E-state index contributed by atoms with van der Waals surface area (Å²) in [5.41, 5.74) is 9.18. The molecule has 0 amide bonds. The van der Waals surface area contributed by atoms with E-state index in [0.717, 1.165) is 16.9 Å². The van der Waals surface area contributed by atoms with Gasteiger partial charge in [-0.1, -0.05) is 0 Å². The summed E-state index contributed by atoms with van der Waals surface area (Å²) in [6.45, 7) is 0. The SMILES string of the molecule is Nc1ccncc1-c1cnc2cnccn12. The van der Waals surface area contributed by atoms with Crippen LogP contribution in [0.3, 0.4) is 0 Å². The van der Waals surface area contributed by atoms with Gasteiger partial charge in [0.05, 0.1) is 18.1 Å². The van der Waals surface area contributed by atoms with Crippen molar-refractivity contribution in [3.05, 3.63) is 43.2 Å². The number of nitrogens with two attached hydrogens (primary N) is 1. The molecule has 0 unspecified atom stereocenters. The van der Waals surface area contributed by atoms with Crippen molar-refractivity contribution in [2.45, 2.75) is 0 Å². The van der Waals surface area contributed by atoms with Gasteiger partial charge < -0.3 is 5.73 Å². The molecule has 0 spiro atoms. The fourth-order valence-electron chi connectivity index (χ4n) is 1.66. The predicted octanol–water partition coefficient (Wildman–Crippen LogP) is 1.37. The molecule has 0 aliphatic carbocycles. The minimum Gasteiger partial charge on any atom is -0.398 e. The average Bonchev–Trinajstić information content (AvgIpc) is 2.74. The van der Waals surface area contributed by atoms with Gasteiger partial charge in [-0.25, -0.2) is 4.98 Å². The molecular weight excluding hydrogens is 202 g/mol. The summed E-state index contributed by atoms with van der Waals surface area (Å²) in [6, 6.07) is 1.77. The summed E-state index contributed by atoms with van der Waals surface area (Å²) in [6.07, 6.45) is 10.4. The largest absolute Gasteiger partial charge is 0.398 e. The maximum Gasteiger partial charge on any atom is 0.155 e. The van der Waals surface area contributed by atoms with Crippen molar-refractivity contribution in [2.24, 2.45) is 0 Å². The zero-order chi connectivity index (χ0) is 11.0. The maximum atomic E-state index is 5.91. The van der Waals surface area contributed by atoms with E-state index in [1.807, 2.05) is 10.6 Å². The van der Waals surface area contributed by atoms with Crippen LogP contribution in [0.2, 0.25) is 0 Å². The molecule has 0 bridgehead atoms. The van der Waals surface area contributed by atoms with Crippen molar-refractivity contribution < 1.29 is 0 Å². The van der Waals surface area contributed by atoms with E-state index in [0.29, 0.717) is 5.69 Å². The molecule has 0 atom stereocenters. The van der Waals surface area contributed by atoms with E-state index in [4.69, 9.17) is 5.73 Å². The number of fused-ring (bicyclic) bond motifs is 1. The van der Waals surface area contributed by atoms with Crippen LogP contribution in [0.4, 0.5) is 5.69 Å². The van der Waals surface area contributed by atoms with Gasteiger partial charge in [-0.05, 0) is 6.07 Å². The smallest absolute Gasteiger partial charge is 0.155 e. The molecule has 16 heavy (non-hydrogen) atoms. The molecule has 0 fully saturated rings. The lowest BCUT2D eigenvalue weighted by atomic mass is 10.2. The molecule has 3 aromatic heterocycles. The second-order valence-electron chi connectivity index (χ2n) is 3.41. The van der Waals surface area contributed by atoms with Crippen LogP contribution in [0.15, 0.2) is 43.2 Å². The first-order valence-electron chi connectivity index (χ1n) is 4.83. The van der Waals surface area contributed by atoms with E-state index in [1.165, 1.54) is 0 Å². The molecule has 5 nitrogen and oxygen atoms in total. The van der Waals surface area contributed by atoms with Crippen LogP contribution in [-0.2, 0) is 0 Å². The van der Waals surface area contributed by atoms with Gasteiger partial charge in [0, 0.05) is 36.0 Å². The molecule has 78 valence electrons. The normalized spacial score (nSPS) is 10.8. The van der Waals surface area contributed by atoms with E-state index in [9.17, 15) is 0 Å². The highest BCUT2D eigenvalue weighted by Gasteiger charge is 2.08. The van der Waals surface area contributed by atoms with Crippen molar-refractivity contribution in [1.82, 2.24) is 19.4 Å². The molecule has 2 N–H and O–H groups in total. The molecule has 3 rings (SSSR count). The summed E-state index contributed by atoms with van der Waals surface area (Å²) in [5.74, 6) is 0. The number of hydrogen-bond acceptors (Lipinski definition) is 4. The Bertz CT molecular complexity index is 643. The van der Waals surface area contributed by atoms with Gasteiger partial charge in [0.2, 0.25) is 0 Å². The zero-order valence-electron chi connectivity index (χ0n) is 8.41. The molecule has 0 aliphatic heterocycles. The van der Waals surface area contributed by atoms with Crippen LogP contribution >= 0.6 is 0 Å². The molecule has 0 aromatic carbocycles. The van der Waals surface area contributed by atoms with Crippen molar-refractivity contribution in [1.29, 1.82) is 0 Å². The van der Waals surface area contributed by atoms with Gasteiger partial charge in [0.15, 0.2) is 5.65 Å². The highest BCUT2D eigenvalue weighted by molar-refractivity contribution is 5.74. The Morgan fingerprint density at radius 2 is 1.94 bits per heavy atom. The Morgan fingerprint density at radius 1 is 1.06 bits per heavy atom. The zero-order valence-corrected chi connectivity index (χ0v) is 8.41. The fourth-order valence-corrected chi connectivity index (χ4v) is 1.66. The minimum atomic E-state index is 0.689. The van der Waals surface area contributed by atoms with E-state index in [2.05, 4.69) is 15.0 Å². The topological polar surface area (TPSA) is 69.1 Å². The van der Waals surface area contributed by atoms with E-state index >= 15 is 0 Å². The number of aromatic nitrogens is 4. The monoisotopic (exact) mass is 211 g/mol. The molecule has 0 saturated carbocycles. The first-order chi connectivity index (χ1) is 7.86. The number of rotatable bonds is 1. The van der Waals surface area contributed by atoms with Crippen molar-refractivity contribution in [2.75, 3.05) is 5.73 Å². The fraction of sp³-hybridized carbons (Fsp3) is 0. The maximum absolute atomic E-state index is 5.91. The predicted molar refractivity (Wildman–Crippen MR) is 60.6 cm³/mol. The van der Waals surface area contributed by atoms with Crippen molar-refractivity contribution in [3.8, 4) is 11.3 Å². The summed E-state index contributed by atoms with van der Waals surface area (Å²) in [7, 11) is 0. The molecule has 0 radical (unpaired) electrons. The lowest BCUT2D eigenvalue weighted by Gasteiger charge is -2.03. The van der Waals surface area contributed by atoms with Gasteiger partial charge in [-0.15, -0.1) is 0 Å². The second kappa shape index (κ2) is 3.30. The van der Waals surface area contributed by atoms with Gasteiger partial charge in [0.25, 0.3) is 0 Å². The van der Waals surface area contributed by atoms with E-state index in [1.54, 1.807) is 37.1 Å². The first-order valence-corrected chi connectivity index (χ1v) is 4.83. The number of hydrogen-bond donors (Lipinski definition) is 1. The lowest BCUT2D eigenvalue weighted by molar-refractivity contribution is 1.13. The lowest BCUT2D eigenvalue weighted by Crippen LogP contribution is -1.94. The Labute approximate surface area is 91.6 Å². The van der Waals surface area contributed by atoms with Gasteiger partial charge in [-0.3, -0.25) is 14.4 Å².